The number of nitrogens with zero attached hydrogens (tertiary/aromatic N) is 2. The SMILES string of the molecule is CCC1C(=O)NCCN1C(=O)c1sc(Cc2ccc(F)cc2)nc1C. The van der Waals surface area contributed by atoms with Crippen LogP contribution in [0.3, 0.4) is 0 Å². The third-order valence-electron chi connectivity index (χ3n) is 4.28. The minimum absolute atomic E-state index is 0.101. The van der Waals surface area contributed by atoms with Crippen LogP contribution in [0.2, 0.25) is 0 Å². The molecule has 0 aliphatic carbocycles. The van der Waals surface area contributed by atoms with E-state index < -0.39 is 6.04 Å². The van der Waals surface area contributed by atoms with Gasteiger partial charge in [0, 0.05) is 19.5 Å². The molecule has 0 radical (unpaired) electrons. The molecule has 1 aromatic carbocycles. The van der Waals surface area contributed by atoms with Crippen LogP contribution in [0, 0.1) is 12.7 Å². The fourth-order valence-electron chi connectivity index (χ4n) is 3.00. The van der Waals surface area contributed by atoms with Crippen molar-refractivity contribution in [3.8, 4) is 0 Å². The van der Waals surface area contributed by atoms with Crippen LogP contribution in [-0.4, -0.2) is 40.8 Å². The van der Waals surface area contributed by atoms with E-state index in [1.807, 2.05) is 13.8 Å². The number of thiazole rings is 1. The van der Waals surface area contributed by atoms with E-state index in [0.717, 1.165) is 10.6 Å². The summed E-state index contributed by atoms with van der Waals surface area (Å²) in [6, 6.07) is 5.84. The van der Waals surface area contributed by atoms with E-state index in [0.29, 0.717) is 36.5 Å². The van der Waals surface area contributed by atoms with Crippen molar-refractivity contribution in [2.45, 2.75) is 32.7 Å². The molecule has 0 spiro atoms. The van der Waals surface area contributed by atoms with E-state index in [1.165, 1.54) is 23.5 Å². The van der Waals surface area contributed by atoms with Crippen molar-refractivity contribution in [1.82, 2.24) is 15.2 Å². The van der Waals surface area contributed by atoms with Crippen LogP contribution >= 0.6 is 11.3 Å². The zero-order valence-electron chi connectivity index (χ0n) is 14.2. The van der Waals surface area contributed by atoms with Crippen molar-refractivity contribution in [2.75, 3.05) is 13.1 Å². The van der Waals surface area contributed by atoms with Gasteiger partial charge in [-0.05, 0) is 31.0 Å². The van der Waals surface area contributed by atoms with Crippen LogP contribution in [0.5, 0.6) is 0 Å². The Morgan fingerprint density at radius 1 is 1.40 bits per heavy atom. The summed E-state index contributed by atoms with van der Waals surface area (Å²) in [7, 11) is 0. The molecule has 25 heavy (non-hydrogen) atoms. The number of benzene rings is 1. The molecule has 1 fully saturated rings. The van der Waals surface area contributed by atoms with Crippen molar-refractivity contribution in [2.24, 2.45) is 0 Å². The Morgan fingerprint density at radius 3 is 2.80 bits per heavy atom. The van der Waals surface area contributed by atoms with Gasteiger partial charge in [0.05, 0.1) is 10.7 Å². The molecular weight excluding hydrogens is 341 g/mol. The summed E-state index contributed by atoms with van der Waals surface area (Å²) in [5, 5.41) is 3.61. The first-order chi connectivity index (χ1) is 12.0. The molecule has 1 aliphatic rings. The lowest BCUT2D eigenvalue weighted by atomic mass is 10.1. The fourth-order valence-corrected chi connectivity index (χ4v) is 4.05. The Hall–Kier alpha value is -2.28. The Labute approximate surface area is 149 Å². The van der Waals surface area contributed by atoms with Crippen molar-refractivity contribution in [1.29, 1.82) is 0 Å². The summed E-state index contributed by atoms with van der Waals surface area (Å²) in [4.78, 5) is 31.6. The molecule has 7 heteroatoms. The third kappa shape index (κ3) is 3.71. The van der Waals surface area contributed by atoms with Gasteiger partial charge in [-0.1, -0.05) is 19.1 Å². The lowest BCUT2D eigenvalue weighted by molar-refractivity contribution is -0.127. The van der Waals surface area contributed by atoms with Gasteiger partial charge in [-0.3, -0.25) is 9.59 Å². The lowest BCUT2D eigenvalue weighted by Crippen LogP contribution is -2.56. The van der Waals surface area contributed by atoms with Crippen molar-refractivity contribution in [3.05, 3.63) is 51.2 Å². The number of amides is 2. The Morgan fingerprint density at radius 2 is 2.12 bits per heavy atom. The van der Waals surface area contributed by atoms with Gasteiger partial charge in [0.25, 0.3) is 5.91 Å². The highest BCUT2D eigenvalue weighted by atomic mass is 32.1. The third-order valence-corrected chi connectivity index (χ3v) is 5.43. The fraction of sp³-hybridized carbons (Fsp3) is 0.389. The predicted octanol–water partition coefficient (Wildman–Crippen LogP) is 2.53. The Balaban J connectivity index is 1.80. The van der Waals surface area contributed by atoms with Gasteiger partial charge in [0.1, 0.15) is 16.7 Å². The molecule has 0 saturated carbocycles. The van der Waals surface area contributed by atoms with Crippen molar-refractivity contribution in [3.63, 3.8) is 0 Å². The quantitative estimate of drug-likeness (QED) is 0.910. The van der Waals surface area contributed by atoms with Crippen LogP contribution < -0.4 is 5.32 Å². The second kappa shape index (κ2) is 7.31. The van der Waals surface area contributed by atoms with Gasteiger partial charge in [0.2, 0.25) is 5.91 Å². The molecule has 2 heterocycles. The van der Waals surface area contributed by atoms with Crippen LogP contribution in [0.15, 0.2) is 24.3 Å². The smallest absolute Gasteiger partial charge is 0.266 e. The molecule has 0 bridgehead atoms. The molecule has 1 atom stereocenters. The average Bonchev–Trinajstić information content (AvgIpc) is 2.96. The van der Waals surface area contributed by atoms with E-state index in [1.54, 1.807) is 17.0 Å². The highest BCUT2D eigenvalue weighted by Gasteiger charge is 2.33. The average molecular weight is 361 g/mol. The maximum Gasteiger partial charge on any atom is 0.266 e. The van der Waals surface area contributed by atoms with Gasteiger partial charge < -0.3 is 10.2 Å². The minimum atomic E-state index is -0.428. The molecule has 2 aromatic rings. The van der Waals surface area contributed by atoms with Gasteiger partial charge in [-0.25, -0.2) is 9.37 Å². The largest absolute Gasteiger partial charge is 0.353 e. The molecule has 2 amide bonds. The summed E-state index contributed by atoms with van der Waals surface area (Å²) in [5.41, 5.74) is 1.62. The highest BCUT2D eigenvalue weighted by molar-refractivity contribution is 7.13. The van der Waals surface area contributed by atoms with Crippen molar-refractivity contribution >= 4 is 23.2 Å². The van der Waals surface area contributed by atoms with Gasteiger partial charge in [0.15, 0.2) is 0 Å². The van der Waals surface area contributed by atoms with Crippen LogP contribution in [-0.2, 0) is 11.2 Å². The Bertz CT molecular complexity index is 788. The predicted molar refractivity (Wildman–Crippen MR) is 94.2 cm³/mol. The van der Waals surface area contributed by atoms with E-state index >= 15 is 0 Å². The maximum atomic E-state index is 13.0. The molecule has 3 rings (SSSR count). The highest BCUT2D eigenvalue weighted by Crippen LogP contribution is 2.24. The lowest BCUT2D eigenvalue weighted by Gasteiger charge is -2.34. The number of piperazine rings is 1. The number of hydrogen-bond acceptors (Lipinski definition) is 4. The molecule has 1 unspecified atom stereocenters. The van der Waals surface area contributed by atoms with Gasteiger partial charge >= 0.3 is 0 Å². The number of halogens is 1. The molecule has 1 saturated heterocycles. The first kappa shape index (κ1) is 17.5. The second-order valence-corrected chi connectivity index (χ2v) is 7.12. The molecule has 5 nitrogen and oxygen atoms in total. The summed E-state index contributed by atoms with van der Waals surface area (Å²) in [6.07, 6.45) is 1.13. The molecule has 1 aromatic heterocycles. The summed E-state index contributed by atoms with van der Waals surface area (Å²) in [6.45, 7) is 4.69. The van der Waals surface area contributed by atoms with E-state index in [2.05, 4.69) is 10.3 Å². The van der Waals surface area contributed by atoms with Crippen molar-refractivity contribution < 1.29 is 14.0 Å². The minimum Gasteiger partial charge on any atom is -0.353 e. The number of aryl methyl sites for hydroxylation is 1. The van der Waals surface area contributed by atoms with Crippen LogP contribution in [0.1, 0.15) is 39.3 Å². The number of hydrogen-bond donors (Lipinski definition) is 1. The zero-order chi connectivity index (χ0) is 18.0. The van der Waals surface area contributed by atoms with E-state index in [4.69, 9.17) is 0 Å². The zero-order valence-corrected chi connectivity index (χ0v) is 15.0. The first-order valence-corrected chi connectivity index (χ1v) is 9.10. The second-order valence-electron chi connectivity index (χ2n) is 6.04. The monoisotopic (exact) mass is 361 g/mol. The van der Waals surface area contributed by atoms with Crippen LogP contribution in [0.25, 0.3) is 0 Å². The molecule has 132 valence electrons. The summed E-state index contributed by atoms with van der Waals surface area (Å²) < 4.78 is 13.0. The molecule has 1 aliphatic heterocycles. The van der Waals surface area contributed by atoms with Gasteiger partial charge in [-0.2, -0.15) is 0 Å². The van der Waals surface area contributed by atoms with Crippen LogP contribution in [0.4, 0.5) is 4.39 Å². The number of carbonyl (C=O) groups is 2. The topological polar surface area (TPSA) is 62.3 Å². The number of rotatable bonds is 4. The standard InChI is InChI=1S/C18H20FN3O2S/c1-3-14-17(23)20-8-9-22(14)18(24)16-11(2)21-15(25-16)10-12-4-6-13(19)7-5-12/h4-7,14H,3,8-10H2,1-2H3,(H,20,23). The summed E-state index contributed by atoms with van der Waals surface area (Å²) in [5.74, 6) is -0.512. The van der Waals surface area contributed by atoms with Gasteiger partial charge in [-0.15, -0.1) is 11.3 Å². The normalized spacial score (nSPS) is 17.5. The first-order valence-electron chi connectivity index (χ1n) is 8.29. The summed E-state index contributed by atoms with van der Waals surface area (Å²) >= 11 is 1.35. The number of aromatic nitrogens is 1. The number of nitrogens with one attached hydrogen (secondary N) is 1. The maximum absolute atomic E-state index is 13.0. The molecule has 1 N–H and O–H groups in total. The molecular formula is C18H20FN3O2S. The van der Waals surface area contributed by atoms with E-state index in [-0.39, 0.29) is 17.6 Å². The Kier molecular flexibility index (Phi) is 5.13. The number of carbonyl (C=O) groups excluding carboxylic acids is 2. The van der Waals surface area contributed by atoms with E-state index in [9.17, 15) is 14.0 Å².